The molecule has 0 radical (unpaired) electrons. The third-order valence-electron chi connectivity index (χ3n) is 3.65. The summed E-state index contributed by atoms with van der Waals surface area (Å²) >= 11 is 4.07. The third-order valence-corrected chi connectivity index (χ3v) is 3.83. The molecule has 4 nitrogen and oxygen atoms in total. The van der Waals surface area contributed by atoms with E-state index < -0.39 is 0 Å². The van der Waals surface area contributed by atoms with Crippen LogP contribution in [0.2, 0.25) is 0 Å². The molecule has 0 aliphatic rings. The zero-order valence-electron chi connectivity index (χ0n) is 15.2. The van der Waals surface area contributed by atoms with E-state index in [0.29, 0.717) is 33.0 Å². The summed E-state index contributed by atoms with van der Waals surface area (Å²) in [5.74, 6) is 1.58. The van der Waals surface area contributed by atoms with Gasteiger partial charge in [0.05, 0.1) is 26.4 Å². The van der Waals surface area contributed by atoms with E-state index in [2.05, 4.69) is 54.4 Å². The zero-order chi connectivity index (χ0) is 18.5. The summed E-state index contributed by atoms with van der Waals surface area (Å²) in [6, 6.07) is 16.3. The minimum atomic E-state index is 0.527. The number of thiol groups is 1. The maximum Gasteiger partial charge on any atom is 0.119 e. The average Bonchev–Trinajstić information content (AvgIpc) is 2.69. The van der Waals surface area contributed by atoms with Crippen molar-refractivity contribution in [2.75, 3.05) is 51.2 Å². The minimum absolute atomic E-state index is 0.527. The van der Waals surface area contributed by atoms with Crippen LogP contribution in [-0.2, 0) is 9.47 Å². The summed E-state index contributed by atoms with van der Waals surface area (Å²) < 4.78 is 16.4. The van der Waals surface area contributed by atoms with E-state index in [4.69, 9.17) is 14.2 Å². The molecule has 0 saturated carbocycles. The molecule has 0 atom stereocenters. The monoisotopic (exact) mass is 373 g/mol. The quantitative estimate of drug-likeness (QED) is 0.332. The van der Waals surface area contributed by atoms with E-state index in [0.717, 1.165) is 22.8 Å². The number of ether oxygens (including phenoxy) is 3. The molecule has 0 aromatic heterocycles. The van der Waals surface area contributed by atoms with Gasteiger partial charge in [-0.25, -0.2) is 0 Å². The largest absolute Gasteiger partial charge is 0.491 e. The number of hydrogen-bond donors (Lipinski definition) is 2. The number of hydrogen-bond acceptors (Lipinski definition) is 5. The Bertz CT molecular complexity index is 641. The Hall–Kier alpha value is -1.95. The number of nitrogens with one attached hydrogen (secondary N) is 1. The van der Waals surface area contributed by atoms with Crippen LogP contribution >= 0.6 is 12.6 Å². The Morgan fingerprint density at radius 1 is 0.769 bits per heavy atom. The second-order valence-electron chi connectivity index (χ2n) is 5.57. The smallest absolute Gasteiger partial charge is 0.119 e. The topological polar surface area (TPSA) is 39.7 Å². The second-order valence-corrected chi connectivity index (χ2v) is 6.02. The van der Waals surface area contributed by atoms with Crippen molar-refractivity contribution in [1.29, 1.82) is 0 Å². The van der Waals surface area contributed by atoms with Gasteiger partial charge in [-0.1, -0.05) is 36.4 Å². The summed E-state index contributed by atoms with van der Waals surface area (Å²) in [6.45, 7) is 2.91. The molecule has 0 fully saturated rings. The predicted octanol–water partition coefficient (Wildman–Crippen LogP) is 4.24. The molecule has 2 aromatic carbocycles. The molecule has 0 unspecified atom stereocenters. The molecule has 0 spiro atoms. The first-order chi connectivity index (χ1) is 12.8. The van der Waals surface area contributed by atoms with Crippen molar-refractivity contribution in [1.82, 2.24) is 0 Å². The number of benzene rings is 2. The first kappa shape index (κ1) is 20.4. The van der Waals surface area contributed by atoms with Crippen LogP contribution < -0.4 is 10.1 Å². The van der Waals surface area contributed by atoms with Crippen LogP contribution in [0, 0.1) is 0 Å². The van der Waals surface area contributed by atoms with Crippen LogP contribution in [0.3, 0.4) is 0 Å². The first-order valence-corrected chi connectivity index (χ1v) is 9.40. The van der Waals surface area contributed by atoms with Crippen molar-refractivity contribution >= 4 is 30.5 Å². The van der Waals surface area contributed by atoms with E-state index in [9.17, 15) is 0 Å². The lowest BCUT2D eigenvalue weighted by atomic mass is 10.1. The fourth-order valence-electron chi connectivity index (χ4n) is 2.23. The van der Waals surface area contributed by atoms with Crippen molar-refractivity contribution in [3.63, 3.8) is 0 Å². The lowest BCUT2D eigenvalue weighted by molar-refractivity contribution is 0.0413. The Morgan fingerprint density at radius 2 is 1.31 bits per heavy atom. The lowest BCUT2D eigenvalue weighted by Crippen LogP contribution is -2.11. The van der Waals surface area contributed by atoms with Crippen molar-refractivity contribution in [2.24, 2.45) is 0 Å². The van der Waals surface area contributed by atoms with Crippen LogP contribution in [0.15, 0.2) is 48.5 Å². The van der Waals surface area contributed by atoms with Gasteiger partial charge in [0.25, 0.3) is 0 Å². The normalized spacial score (nSPS) is 11.0. The van der Waals surface area contributed by atoms with Crippen LogP contribution in [-0.4, -0.2) is 45.8 Å². The molecule has 2 rings (SSSR count). The van der Waals surface area contributed by atoms with Crippen molar-refractivity contribution < 1.29 is 14.2 Å². The Balaban J connectivity index is 1.68. The van der Waals surface area contributed by atoms with Gasteiger partial charge in [0.1, 0.15) is 12.4 Å². The Labute approximate surface area is 161 Å². The molecule has 0 aliphatic carbocycles. The average molecular weight is 374 g/mol. The summed E-state index contributed by atoms with van der Waals surface area (Å²) in [6.07, 6.45) is 4.19. The first-order valence-electron chi connectivity index (χ1n) is 8.77. The molecule has 0 heterocycles. The van der Waals surface area contributed by atoms with Crippen LogP contribution in [0.25, 0.3) is 12.2 Å². The molecular formula is C21H27NO3S. The highest BCUT2D eigenvalue weighted by Gasteiger charge is 1.95. The van der Waals surface area contributed by atoms with Gasteiger partial charge >= 0.3 is 0 Å². The third kappa shape index (κ3) is 7.95. The molecule has 26 heavy (non-hydrogen) atoms. The van der Waals surface area contributed by atoms with E-state index >= 15 is 0 Å². The van der Waals surface area contributed by atoms with Gasteiger partial charge in [0, 0.05) is 18.5 Å². The van der Waals surface area contributed by atoms with Gasteiger partial charge < -0.3 is 19.5 Å². The molecule has 0 aliphatic heterocycles. The van der Waals surface area contributed by atoms with E-state index in [1.165, 1.54) is 5.56 Å². The van der Waals surface area contributed by atoms with Crippen LogP contribution in [0.5, 0.6) is 5.75 Å². The standard InChI is InChI=1S/C21H27NO3S/c1-22-20-8-4-18(5-9-20)2-3-19-6-10-21(11-7-19)25-15-14-23-12-13-24-16-17-26/h2-11,22,26H,12-17H2,1H3. The van der Waals surface area contributed by atoms with E-state index in [1.807, 2.05) is 31.3 Å². The van der Waals surface area contributed by atoms with Gasteiger partial charge in [-0.15, -0.1) is 0 Å². The SMILES string of the molecule is CNc1ccc(C=Cc2ccc(OCCOCCOCCS)cc2)cc1. The maximum atomic E-state index is 5.67. The summed E-state index contributed by atoms with van der Waals surface area (Å²) in [5.41, 5.74) is 3.41. The molecule has 5 heteroatoms. The summed E-state index contributed by atoms with van der Waals surface area (Å²) in [7, 11) is 1.92. The van der Waals surface area contributed by atoms with E-state index in [-0.39, 0.29) is 0 Å². The fraction of sp³-hybridized carbons (Fsp3) is 0.333. The van der Waals surface area contributed by atoms with Gasteiger partial charge in [-0.2, -0.15) is 12.6 Å². The van der Waals surface area contributed by atoms with Crippen LogP contribution in [0.4, 0.5) is 5.69 Å². The van der Waals surface area contributed by atoms with Gasteiger partial charge in [-0.05, 0) is 35.4 Å². The predicted molar refractivity (Wildman–Crippen MR) is 112 cm³/mol. The fourth-order valence-corrected chi connectivity index (χ4v) is 2.36. The molecule has 2 aromatic rings. The minimum Gasteiger partial charge on any atom is -0.491 e. The number of rotatable bonds is 12. The van der Waals surface area contributed by atoms with Gasteiger partial charge in [0.2, 0.25) is 0 Å². The molecule has 140 valence electrons. The van der Waals surface area contributed by atoms with Crippen LogP contribution in [0.1, 0.15) is 11.1 Å². The van der Waals surface area contributed by atoms with Gasteiger partial charge in [-0.3, -0.25) is 0 Å². The van der Waals surface area contributed by atoms with Crippen molar-refractivity contribution in [3.8, 4) is 5.75 Å². The Kier molecular flexibility index (Phi) is 9.72. The Morgan fingerprint density at radius 3 is 1.88 bits per heavy atom. The van der Waals surface area contributed by atoms with Gasteiger partial charge in [0.15, 0.2) is 0 Å². The van der Waals surface area contributed by atoms with E-state index in [1.54, 1.807) is 0 Å². The highest BCUT2D eigenvalue weighted by molar-refractivity contribution is 7.80. The second kappa shape index (κ2) is 12.4. The lowest BCUT2D eigenvalue weighted by Gasteiger charge is -2.07. The molecule has 1 N–H and O–H groups in total. The van der Waals surface area contributed by atoms with Crippen molar-refractivity contribution in [3.05, 3.63) is 59.7 Å². The maximum absolute atomic E-state index is 5.67. The molecule has 0 saturated heterocycles. The number of anilines is 1. The molecular weight excluding hydrogens is 346 g/mol. The highest BCUT2D eigenvalue weighted by Crippen LogP contribution is 2.15. The summed E-state index contributed by atoms with van der Waals surface area (Å²) in [5, 5.41) is 3.11. The molecule has 0 bridgehead atoms. The highest BCUT2D eigenvalue weighted by atomic mass is 32.1. The summed E-state index contributed by atoms with van der Waals surface area (Å²) in [4.78, 5) is 0. The molecule has 0 amide bonds. The van der Waals surface area contributed by atoms with Crippen molar-refractivity contribution in [2.45, 2.75) is 0 Å². The zero-order valence-corrected chi connectivity index (χ0v) is 16.1.